The van der Waals surface area contributed by atoms with Gasteiger partial charge in [-0.3, -0.25) is 0 Å². The van der Waals surface area contributed by atoms with Crippen molar-refractivity contribution in [1.29, 1.82) is 0 Å². The van der Waals surface area contributed by atoms with E-state index in [0.717, 1.165) is 10.2 Å². The van der Waals surface area contributed by atoms with Crippen molar-refractivity contribution in [2.75, 3.05) is 20.2 Å². The third-order valence-electron chi connectivity index (χ3n) is 3.84. The number of benzene rings is 1. The van der Waals surface area contributed by atoms with Gasteiger partial charge >= 0.3 is 0 Å². The standard InChI is InChI=1S/C14H23BrN2O/c1-9(10(2)12(7-16)8-17)11-4-5-14(18-3)13(15)6-11/h4-6,9-10,12H,7-8,16-17H2,1-3H3. The van der Waals surface area contributed by atoms with Gasteiger partial charge in [-0.05, 0) is 64.5 Å². The Morgan fingerprint density at radius 3 is 2.28 bits per heavy atom. The van der Waals surface area contributed by atoms with Gasteiger partial charge in [-0.1, -0.05) is 19.9 Å². The molecule has 2 atom stereocenters. The first-order chi connectivity index (χ1) is 8.54. The predicted molar refractivity (Wildman–Crippen MR) is 79.9 cm³/mol. The van der Waals surface area contributed by atoms with Crippen LogP contribution in [0.5, 0.6) is 5.75 Å². The molecular weight excluding hydrogens is 292 g/mol. The molecule has 0 bridgehead atoms. The zero-order chi connectivity index (χ0) is 13.7. The second-order valence-corrected chi connectivity index (χ2v) is 5.63. The maximum Gasteiger partial charge on any atom is 0.133 e. The first-order valence-electron chi connectivity index (χ1n) is 6.28. The summed E-state index contributed by atoms with van der Waals surface area (Å²) in [5, 5.41) is 0. The lowest BCUT2D eigenvalue weighted by Gasteiger charge is -2.27. The molecule has 0 saturated heterocycles. The fraction of sp³-hybridized carbons (Fsp3) is 0.571. The van der Waals surface area contributed by atoms with Gasteiger partial charge in [0.25, 0.3) is 0 Å². The molecule has 4 N–H and O–H groups in total. The lowest BCUT2D eigenvalue weighted by Crippen LogP contribution is -2.31. The maximum atomic E-state index is 5.77. The zero-order valence-corrected chi connectivity index (χ0v) is 12.9. The number of nitrogens with two attached hydrogens (primary N) is 2. The number of methoxy groups -OCH3 is 1. The highest BCUT2D eigenvalue weighted by molar-refractivity contribution is 9.10. The Hall–Kier alpha value is -0.580. The molecule has 0 amide bonds. The maximum absolute atomic E-state index is 5.77. The van der Waals surface area contributed by atoms with Crippen LogP contribution in [-0.2, 0) is 0 Å². The minimum absolute atomic E-state index is 0.362. The molecule has 3 nitrogen and oxygen atoms in total. The molecule has 1 aromatic carbocycles. The summed E-state index contributed by atoms with van der Waals surface area (Å²) in [6, 6.07) is 6.21. The van der Waals surface area contributed by atoms with Crippen molar-refractivity contribution < 1.29 is 4.74 Å². The van der Waals surface area contributed by atoms with Gasteiger partial charge in [0.1, 0.15) is 5.75 Å². The van der Waals surface area contributed by atoms with Gasteiger partial charge < -0.3 is 16.2 Å². The van der Waals surface area contributed by atoms with Crippen LogP contribution >= 0.6 is 15.9 Å². The van der Waals surface area contributed by atoms with Gasteiger partial charge in [0.05, 0.1) is 11.6 Å². The summed E-state index contributed by atoms with van der Waals surface area (Å²) in [5.74, 6) is 2.10. The van der Waals surface area contributed by atoms with Crippen molar-refractivity contribution in [2.45, 2.75) is 19.8 Å². The van der Waals surface area contributed by atoms with Crippen LogP contribution in [0.25, 0.3) is 0 Å². The van der Waals surface area contributed by atoms with Crippen molar-refractivity contribution in [3.8, 4) is 5.75 Å². The second-order valence-electron chi connectivity index (χ2n) is 4.77. The van der Waals surface area contributed by atoms with Crippen molar-refractivity contribution in [2.24, 2.45) is 23.3 Å². The SMILES string of the molecule is COc1ccc(C(C)C(C)C(CN)CN)cc1Br. The van der Waals surface area contributed by atoms with Gasteiger partial charge in [0, 0.05) is 0 Å². The Balaban J connectivity index is 2.89. The van der Waals surface area contributed by atoms with Crippen LogP contribution in [0, 0.1) is 11.8 Å². The summed E-state index contributed by atoms with van der Waals surface area (Å²) >= 11 is 3.52. The van der Waals surface area contributed by atoms with Crippen molar-refractivity contribution >= 4 is 15.9 Å². The van der Waals surface area contributed by atoms with Crippen LogP contribution in [0.4, 0.5) is 0 Å². The second kappa shape index (κ2) is 7.12. The van der Waals surface area contributed by atoms with E-state index in [1.807, 2.05) is 6.07 Å². The molecule has 18 heavy (non-hydrogen) atoms. The molecule has 0 fully saturated rings. The number of hydrogen-bond donors (Lipinski definition) is 2. The Bertz CT molecular complexity index is 380. The van der Waals surface area contributed by atoms with Gasteiger partial charge in [0.2, 0.25) is 0 Å². The fourth-order valence-electron chi connectivity index (χ4n) is 2.20. The van der Waals surface area contributed by atoms with Crippen LogP contribution in [0.3, 0.4) is 0 Å². The van der Waals surface area contributed by atoms with E-state index in [9.17, 15) is 0 Å². The average molecular weight is 315 g/mol. The molecule has 0 aliphatic heterocycles. The minimum Gasteiger partial charge on any atom is -0.496 e. The number of halogens is 1. The summed E-state index contributed by atoms with van der Waals surface area (Å²) < 4.78 is 6.23. The quantitative estimate of drug-likeness (QED) is 0.848. The molecule has 4 heteroatoms. The van der Waals surface area contributed by atoms with E-state index in [4.69, 9.17) is 16.2 Å². The van der Waals surface area contributed by atoms with Crippen molar-refractivity contribution in [1.82, 2.24) is 0 Å². The topological polar surface area (TPSA) is 61.3 Å². The van der Waals surface area contributed by atoms with Crippen LogP contribution in [0.2, 0.25) is 0 Å². The molecule has 0 aromatic heterocycles. The molecule has 0 spiro atoms. The Morgan fingerprint density at radius 2 is 1.83 bits per heavy atom. The lowest BCUT2D eigenvalue weighted by atomic mass is 9.80. The van der Waals surface area contributed by atoms with Crippen LogP contribution in [-0.4, -0.2) is 20.2 Å². The minimum atomic E-state index is 0.362. The van der Waals surface area contributed by atoms with E-state index >= 15 is 0 Å². The van der Waals surface area contributed by atoms with Crippen molar-refractivity contribution in [3.63, 3.8) is 0 Å². The van der Waals surface area contributed by atoms with Gasteiger partial charge in [-0.15, -0.1) is 0 Å². The highest BCUT2D eigenvalue weighted by Crippen LogP contribution is 2.33. The molecular formula is C14H23BrN2O. The highest BCUT2D eigenvalue weighted by Gasteiger charge is 2.22. The zero-order valence-electron chi connectivity index (χ0n) is 11.3. The van der Waals surface area contributed by atoms with Gasteiger partial charge in [-0.2, -0.15) is 0 Å². The molecule has 0 saturated carbocycles. The molecule has 102 valence electrons. The molecule has 0 aliphatic carbocycles. The third-order valence-corrected chi connectivity index (χ3v) is 4.46. The molecule has 0 radical (unpaired) electrons. The number of ether oxygens (including phenoxy) is 1. The molecule has 1 aromatic rings. The number of hydrogen-bond acceptors (Lipinski definition) is 3. The average Bonchev–Trinajstić information content (AvgIpc) is 2.39. The highest BCUT2D eigenvalue weighted by atomic mass is 79.9. The normalized spacial score (nSPS) is 14.6. The molecule has 0 aliphatic rings. The smallest absolute Gasteiger partial charge is 0.133 e. The Kier molecular flexibility index (Phi) is 6.12. The molecule has 0 heterocycles. The van der Waals surface area contributed by atoms with E-state index in [1.165, 1.54) is 5.56 Å². The summed E-state index contributed by atoms with van der Waals surface area (Å²) in [5.41, 5.74) is 12.8. The summed E-state index contributed by atoms with van der Waals surface area (Å²) in [7, 11) is 1.67. The summed E-state index contributed by atoms with van der Waals surface area (Å²) in [6.45, 7) is 5.71. The first kappa shape index (κ1) is 15.5. The van der Waals surface area contributed by atoms with Crippen molar-refractivity contribution in [3.05, 3.63) is 28.2 Å². The lowest BCUT2D eigenvalue weighted by molar-refractivity contribution is 0.328. The van der Waals surface area contributed by atoms with E-state index in [0.29, 0.717) is 30.8 Å². The fourth-order valence-corrected chi connectivity index (χ4v) is 2.76. The largest absolute Gasteiger partial charge is 0.496 e. The van der Waals surface area contributed by atoms with Gasteiger partial charge in [0.15, 0.2) is 0 Å². The van der Waals surface area contributed by atoms with Crippen LogP contribution in [0.15, 0.2) is 22.7 Å². The van der Waals surface area contributed by atoms with Gasteiger partial charge in [-0.25, -0.2) is 0 Å². The van der Waals surface area contributed by atoms with E-state index in [-0.39, 0.29) is 0 Å². The van der Waals surface area contributed by atoms with E-state index < -0.39 is 0 Å². The first-order valence-corrected chi connectivity index (χ1v) is 7.08. The van der Waals surface area contributed by atoms with Crippen LogP contribution < -0.4 is 16.2 Å². The number of rotatable bonds is 6. The van der Waals surface area contributed by atoms with E-state index in [2.05, 4.69) is 41.9 Å². The molecule has 1 rings (SSSR count). The summed E-state index contributed by atoms with van der Waals surface area (Å²) in [6.07, 6.45) is 0. The predicted octanol–water partition coefficient (Wildman–Crippen LogP) is 2.73. The Morgan fingerprint density at radius 1 is 1.22 bits per heavy atom. The Labute approximate surface area is 118 Å². The summed E-state index contributed by atoms with van der Waals surface area (Å²) in [4.78, 5) is 0. The molecule has 2 unspecified atom stereocenters. The third kappa shape index (κ3) is 3.46. The van der Waals surface area contributed by atoms with E-state index in [1.54, 1.807) is 7.11 Å². The monoisotopic (exact) mass is 314 g/mol. The van der Waals surface area contributed by atoms with Crippen LogP contribution in [0.1, 0.15) is 25.3 Å².